The van der Waals surface area contributed by atoms with E-state index in [0.717, 1.165) is 0 Å². The molecule has 9 nitrogen and oxygen atoms in total. The number of benzene rings is 1. The molecule has 0 N–H and O–H groups in total. The van der Waals surface area contributed by atoms with Gasteiger partial charge < -0.3 is 23.7 Å². The topological polar surface area (TPSA) is 114 Å². The minimum atomic E-state index is -6.02. The van der Waals surface area contributed by atoms with E-state index in [9.17, 15) is 71.9 Å². The highest BCUT2D eigenvalue weighted by molar-refractivity contribution is 5.84. The van der Waals surface area contributed by atoms with Crippen molar-refractivity contribution in [1.29, 1.82) is 0 Å². The van der Waals surface area contributed by atoms with Gasteiger partial charge in [-0.2, -0.15) is 52.7 Å². The molecular weight excluding hydrogens is 636 g/mol. The van der Waals surface area contributed by atoms with Gasteiger partial charge in [-0.15, -0.1) is 0 Å². The molecule has 0 saturated carbocycles. The smallest absolute Gasteiger partial charge is 0.449 e. The molecule has 1 aromatic carbocycles. The summed E-state index contributed by atoms with van der Waals surface area (Å²) in [5.41, 5.74) is 0.144. The monoisotopic (exact) mass is 652 g/mol. The Labute approximate surface area is 230 Å². The number of hydrogen-bond donors (Lipinski definition) is 0. The molecule has 0 aliphatic carbocycles. The summed E-state index contributed by atoms with van der Waals surface area (Å²) in [5, 5.41) is 0. The average Bonchev–Trinajstić information content (AvgIpc) is 2.86. The summed E-state index contributed by atoms with van der Waals surface area (Å²) in [6.45, 7) is -0.757. The minimum absolute atomic E-state index is 0.144. The first-order valence-corrected chi connectivity index (χ1v) is 11.3. The highest BCUT2D eigenvalue weighted by Crippen LogP contribution is 2.36. The lowest BCUT2D eigenvalue weighted by Crippen LogP contribution is -2.63. The third kappa shape index (κ3) is 10.3. The van der Waals surface area contributed by atoms with E-state index in [0.29, 0.717) is 0 Å². The van der Waals surface area contributed by atoms with Gasteiger partial charge in [0.05, 0.1) is 6.61 Å². The van der Waals surface area contributed by atoms with Gasteiger partial charge in [0.25, 0.3) is 0 Å². The fraction of sp³-hybridized carbons (Fsp3) is 0.545. The van der Waals surface area contributed by atoms with Crippen LogP contribution in [0, 0.1) is 0 Å². The van der Waals surface area contributed by atoms with Crippen LogP contribution in [-0.2, 0) is 49.5 Å². The van der Waals surface area contributed by atoms with Crippen LogP contribution in [0.15, 0.2) is 30.3 Å². The van der Waals surface area contributed by atoms with Gasteiger partial charge >= 0.3 is 42.6 Å². The van der Waals surface area contributed by atoms with E-state index >= 15 is 0 Å². The van der Waals surface area contributed by atoms with Crippen LogP contribution in [0.2, 0.25) is 0 Å². The number of hydrogen-bond acceptors (Lipinski definition) is 9. The van der Waals surface area contributed by atoms with Crippen molar-refractivity contribution >= 4 is 23.7 Å². The normalized spacial score (nSPS) is 23.3. The first kappa shape index (κ1) is 35.6. The van der Waals surface area contributed by atoms with Gasteiger partial charge in [0.15, 0.2) is 24.6 Å². The maximum Gasteiger partial charge on any atom is 0.490 e. The lowest BCUT2D eigenvalue weighted by Gasteiger charge is -2.44. The van der Waals surface area contributed by atoms with Crippen LogP contribution in [0.4, 0.5) is 52.7 Å². The predicted octanol–water partition coefficient (Wildman–Crippen LogP) is 4.26. The molecule has 21 heteroatoms. The molecule has 5 atom stereocenters. The largest absolute Gasteiger partial charge is 0.490 e. The quantitative estimate of drug-likeness (QED) is 0.219. The molecule has 43 heavy (non-hydrogen) atoms. The zero-order chi connectivity index (χ0) is 33.0. The van der Waals surface area contributed by atoms with E-state index in [4.69, 9.17) is 9.47 Å². The molecule has 0 radical (unpaired) electrons. The molecule has 1 heterocycles. The van der Waals surface area contributed by atoms with Gasteiger partial charge in [-0.1, -0.05) is 30.3 Å². The SMILES string of the molecule is O=C(CC[C@H]1O[C@@H](OCc2ccccc2)[C@H](OC(=O)C(F)(F)F)[C@@H](OC(=O)C(F)(F)F)[C@@H]1OC(=O)C(F)(F)F)C(F)(F)F. The minimum Gasteiger partial charge on any atom is -0.449 e. The van der Waals surface area contributed by atoms with E-state index in [2.05, 4.69) is 14.2 Å². The Bertz CT molecular complexity index is 1150. The Kier molecular flexibility index (Phi) is 11.0. The summed E-state index contributed by atoms with van der Waals surface area (Å²) in [4.78, 5) is 46.1. The highest BCUT2D eigenvalue weighted by atomic mass is 19.4. The number of carbonyl (C=O) groups excluding carboxylic acids is 4. The molecule has 0 spiro atoms. The van der Waals surface area contributed by atoms with Crippen LogP contribution in [0.1, 0.15) is 18.4 Å². The van der Waals surface area contributed by atoms with Gasteiger partial charge in [0.2, 0.25) is 5.78 Å². The summed E-state index contributed by atoms with van der Waals surface area (Å²) in [6.07, 6.45) is -41.3. The summed E-state index contributed by atoms with van der Waals surface area (Å²) in [5.74, 6) is -12.4. The van der Waals surface area contributed by atoms with Gasteiger partial charge in [-0.25, -0.2) is 14.4 Å². The lowest BCUT2D eigenvalue weighted by atomic mass is 9.94. The number of rotatable bonds is 9. The zero-order valence-electron chi connectivity index (χ0n) is 20.6. The maximum atomic E-state index is 13.0. The number of ether oxygens (including phenoxy) is 5. The van der Waals surface area contributed by atoms with E-state index in [1.54, 1.807) is 0 Å². The third-order valence-corrected chi connectivity index (χ3v) is 5.24. The van der Waals surface area contributed by atoms with Crippen molar-refractivity contribution in [2.75, 3.05) is 0 Å². The number of Topliss-reactive ketones (excluding diaryl/α,β-unsaturated/α-hetero) is 1. The molecule has 242 valence electrons. The Morgan fingerprint density at radius 2 is 1.07 bits per heavy atom. The van der Waals surface area contributed by atoms with Crippen molar-refractivity contribution in [3.63, 3.8) is 0 Å². The van der Waals surface area contributed by atoms with Crippen LogP contribution < -0.4 is 0 Å². The Morgan fingerprint density at radius 1 is 0.628 bits per heavy atom. The molecular formula is C22H16F12O9. The standard InChI is InChI=1S/C22H16F12O9/c23-19(24,25)11(35)7-6-10-12(41-16(36)20(26,27)28)13(42-17(37)21(29,30)31)14(43-18(38)22(32,33)34)15(40-10)39-8-9-4-2-1-3-5-9/h1-5,10,12-15H,6-8H2/t10-,12-,13+,14-,15-/m1/s1. The van der Waals surface area contributed by atoms with E-state index in [1.807, 2.05) is 0 Å². The second kappa shape index (κ2) is 13.3. The van der Waals surface area contributed by atoms with Crippen LogP contribution in [-0.4, -0.2) is 79.1 Å². The van der Waals surface area contributed by atoms with Crippen LogP contribution >= 0.6 is 0 Å². The van der Waals surface area contributed by atoms with E-state index < -0.39 is 98.6 Å². The maximum absolute atomic E-state index is 13.0. The Hall–Kier alpha value is -3.62. The van der Waals surface area contributed by atoms with Gasteiger partial charge in [0, 0.05) is 6.42 Å². The fourth-order valence-corrected chi connectivity index (χ4v) is 3.39. The summed E-state index contributed by atoms with van der Waals surface area (Å²) < 4.78 is 177. The number of carbonyl (C=O) groups is 4. The van der Waals surface area contributed by atoms with Crippen molar-refractivity contribution in [3.8, 4) is 0 Å². The first-order chi connectivity index (χ1) is 19.5. The molecule has 0 bridgehead atoms. The molecule has 2 rings (SSSR count). The molecule has 1 saturated heterocycles. The van der Waals surface area contributed by atoms with Crippen molar-refractivity contribution < 1.29 is 95.5 Å². The predicted molar refractivity (Wildman–Crippen MR) is 108 cm³/mol. The molecule has 0 aromatic heterocycles. The highest BCUT2D eigenvalue weighted by Gasteiger charge is 2.58. The molecule has 1 aliphatic rings. The van der Waals surface area contributed by atoms with E-state index in [1.165, 1.54) is 30.3 Å². The van der Waals surface area contributed by atoms with Crippen LogP contribution in [0.3, 0.4) is 0 Å². The molecule has 1 fully saturated rings. The van der Waals surface area contributed by atoms with Crippen LogP contribution in [0.25, 0.3) is 0 Å². The number of alkyl halides is 12. The molecule has 0 unspecified atom stereocenters. The van der Waals surface area contributed by atoms with Crippen molar-refractivity contribution in [3.05, 3.63) is 35.9 Å². The third-order valence-electron chi connectivity index (χ3n) is 5.24. The summed E-state index contributed by atoms with van der Waals surface area (Å²) in [7, 11) is 0. The lowest BCUT2D eigenvalue weighted by molar-refractivity contribution is -0.320. The Morgan fingerprint density at radius 3 is 1.51 bits per heavy atom. The van der Waals surface area contributed by atoms with E-state index in [-0.39, 0.29) is 5.56 Å². The van der Waals surface area contributed by atoms with Gasteiger partial charge in [-0.3, -0.25) is 4.79 Å². The van der Waals surface area contributed by atoms with Gasteiger partial charge in [-0.05, 0) is 12.0 Å². The summed E-state index contributed by atoms with van der Waals surface area (Å²) >= 11 is 0. The number of halogens is 12. The van der Waals surface area contributed by atoms with Crippen molar-refractivity contribution in [2.24, 2.45) is 0 Å². The number of ketones is 1. The molecule has 1 aliphatic heterocycles. The second-order valence-corrected chi connectivity index (χ2v) is 8.40. The zero-order valence-corrected chi connectivity index (χ0v) is 20.6. The number of esters is 3. The molecule has 1 aromatic rings. The van der Waals surface area contributed by atoms with Crippen LogP contribution in [0.5, 0.6) is 0 Å². The van der Waals surface area contributed by atoms with Gasteiger partial charge in [0.1, 0.15) is 6.10 Å². The fourth-order valence-electron chi connectivity index (χ4n) is 3.39. The summed E-state index contributed by atoms with van der Waals surface area (Å²) in [6, 6.07) is 6.83. The van der Waals surface area contributed by atoms with Crippen molar-refractivity contribution in [2.45, 2.75) is 74.9 Å². The Balaban J connectivity index is 2.64. The van der Waals surface area contributed by atoms with Crippen molar-refractivity contribution in [1.82, 2.24) is 0 Å². The first-order valence-electron chi connectivity index (χ1n) is 11.3. The molecule has 0 amide bonds. The average molecular weight is 652 g/mol. The second-order valence-electron chi connectivity index (χ2n) is 8.40.